The third kappa shape index (κ3) is 2.70. The minimum atomic E-state index is 0.166. The molecule has 0 radical (unpaired) electrons. The summed E-state index contributed by atoms with van der Waals surface area (Å²) >= 11 is 0. The van der Waals surface area contributed by atoms with Gasteiger partial charge in [0, 0.05) is 25.7 Å². The van der Waals surface area contributed by atoms with Gasteiger partial charge < -0.3 is 10.6 Å². The van der Waals surface area contributed by atoms with Gasteiger partial charge in [-0.3, -0.25) is 0 Å². The number of likely N-dealkylation sites (tertiary alicyclic amines) is 1. The Morgan fingerprint density at radius 2 is 1.89 bits per heavy atom. The zero-order valence-corrected chi connectivity index (χ0v) is 12.2. The monoisotopic (exact) mass is 258 g/mol. The van der Waals surface area contributed by atoms with E-state index in [0.717, 1.165) is 18.4 Å². The Kier molecular flexibility index (Phi) is 3.64. The highest BCUT2D eigenvalue weighted by molar-refractivity contribution is 5.32. The number of hydrogen-bond acceptors (Lipinski definition) is 2. The largest absolute Gasteiger partial charge is 0.323 e. The van der Waals surface area contributed by atoms with E-state index in [4.69, 9.17) is 5.73 Å². The zero-order chi connectivity index (χ0) is 13.4. The maximum Gasteiger partial charge on any atom is 0.0426 e. The van der Waals surface area contributed by atoms with Crippen molar-refractivity contribution in [2.75, 3.05) is 19.6 Å². The van der Waals surface area contributed by atoms with E-state index in [1.807, 2.05) is 0 Å². The van der Waals surface area contributed by atoms with Crippen molar-refractivity contribution in [2.45, 2.75) is 39.2 Å². The summed E-state index contributed by atoms with van der Waals surface area (Å²) < 4.78 is 0. The maximum absolute atomic E-state index is 6.43. The minimum absolute atomic E-state index is 0.166. The lowest BCUT2D eigenvalue weighted by Crippen LogP contribution is -2.31. The summed E-state index contributed by atoms with van der Waals surface area (Å²) in [6.45, 7) is 7.91. The molecule has 1 aromatic carbocycles. The van der Waals surface area contributed by atoms with Crippen molar-refractivity contribution >= 4 is 0 Å². The van der Waals surface area contributed by atoms with Crippen LogP contribution < -0.4 is 5.73 Å². The van der Waals surface area contributed by atoms with E-state index in [-0.39, 0.29) is 6.04 Å². The fraction of sp³-hybridized carbons (Fsp3) is 0.647. The van der Waals surface area contributed by atoms with Gasteiger partial charge in [0.25, 0.3) is 0 Å². The van der Waals surface area contributed by atoms with E-state index in [0.29, 0.717) is 0 Å². The molecule has 19 heavy (non-hydrogen) atoms. The standard InChI is InChI=1S/C17H26N2/c1-12-6-7-16(13(2)8-12)17(18)11-19-9-14-4-3-5-15(14)10-19/h6-8,14-15,17H,3-5,9-11,18H2,1-2H3. The second-order valence-electron chi connectivity index (χ2n) is 6.64. The van der Waals surface area contributed by atoms with Crippen molar-refractivity contribution in [3.63, 3.8) is 0 Å². The number of nitrogens with two attached hydrogens (primary N) is 1. The van der Waals surface area contributed by atoms with E-state index in [1.54, 1.807) is 0 Å². The van der Waals surface area contributed by atoms with Gasteiger partial charge in [-0.25, -0.2) is 0 Å². The Morgan fingerprint density at radius 1 is 1.21 bits per heavy atom. The summed E-state index contributed by atoms with van der Waals surface area (Å²) in [5.41, 5.74) is 10.4. The molecule has 0 amide bonds. The van der Waals surface area contributed by atoms with Crippen LogP contribution in [0.2, 0.25) is 0 Å². The predicted octanol–water partition coefficient (Wildman–Crippen LogP) is 3.04. The molecule has 1 aromatic rings. The fourth-order valence-electron chi connectivity index (χ4n) is 4.10. The summed E-state index contributed by atoms with van der Waals surface area (Å²) in [5.74, 6) is 1.93. The lowest BCUT2D eigenvalue weighted by Gasteiger charge is -2.23. The molecule has 2 fully saturated rings. The maximum atomic E-state index is 6.43. The van der Waals surface area contributed by atoms with Crippen molar-refractivity contribution in [3.8, 4) is 0 Å². The molecule has 2 N–H and O–H groups in total. The van der Waals surface area contributed by atoms with Crippen molar-refractivity contribution in [1.29, 1.82) is 0 Å². The Morgan fingerprint density at radius 3 is 2.53 bits per heavy atom. The van der Waals surface area contributed by atoms with Gasteiger partial charge in [-0.15, -0.1) is 0 Å². The topological polar surface area (TPSA) is 29.3 Å². The van der Waals surface area contributed by atoms with E-state index >= 15 is 0 Å². The summed E-state index contributed by atoms with van der Waals surface area (Å²) in [6.07, 6.45) is 4.34. The van der Waals surface area contributed by atoms with Crippen LogP contribution in [-0.4, -0.2) is 24.5 Å². The second-order valence-corrected chi connectivity index (χ2v) is 6.64. The molecule has 104 valence electrons. The average Bonchev–Trinajstić information content (AvgIpc) is 2.89. The van der Waals surface area contributed by atoms with Crippen molar-refractivity contribution in [3.05, 3.63) is 34.9 Å². The van der Waals surface area contributed by atoms with Gasteiger partial charge in [-0.05, 0) is 49.7 Å². The Labute approximate surface area is 117 Å². The van der Waals surface area contributed by atoms with Gasteiger partial charge in [0.1, 0.15) is 0 Å². The third-order valence-electron chi connectivity index (χ3n) is 5.08. The van der Waals surface area contributed by atoms with Crippen LogP contribution in [0.5, 0.6) is 0 Å². The van der Waals surface area contributed by atoms with Gasteiger partial charge in [-0.1, -0.05) is 30.2 Å². The Hall–Kier alpha value is -0.860. The van der Waals surface area contributed by atoms with E-state index in [9.17, 15) is 0 Å². The molecule has 3 rings (SSSR count). The molecule has 0 bridgehead atoms. The van der Waals surface area contributed by atoms with Gasteiger partial charge in [0.2, 0.25) is 0 Å². The molecule has 1 aliphatic carbocycles. The lowest BCUT2D eigenvalue weighted by atomic mass is 9.99. The molecule has 0 spiro atoms. The van der Waals surface area contributed by atoms with Crippen LogP contribution in [0.25, 0.3) is 0 Å². The van der Waals surface area contributed by atoms with Crippen LogP contribution >= 0.6 is 0 Å². The quantitative estimate of drug-likeness (QED) is 0.903. The number of fused-ring (bicyclic) bond motifs is 1. The van der Waals surface area contributed by atoms with Crippen LogP contribution in [0.15, 0.2) is 18.2 Å². The van der Waals surface area contributed by atoms with Crippen molar-refractivity contribution < 1.29 is 0 Å². The van der Waals surface area contributed by atoms with Gasteiger partial charge in [0.15, 0.2) is 0 Å². The SMILES string of the molecule is Cc1ccc(C(N)CN2CC3CCCC3C2)c(C)c1. The molecule has 1 heterocycles. The smallest absolute Gasteiger partial charge is 0.0426 e. The number of nitrogens with zero attached hydrogens (tertiary/aromatic N) is 1. The average molecular weight is 258 g/mol. The van der Waals surface area contributed by atoms with Crippen molar-refractivity contribution in [2.24, 2.45) is 17.6 Å². The zero-order valence-electron chi connectivity index (χ0n) is 12.2. The summed E-state index contributed by atoms with van der Waals surface area (Å²) in [6, 6.07) is 6.81. The highest BCUT2D eigenvalue weighted by atomic mass is 15.2. The fourth-order valence-corrected chi connectivity index (χ4v) is 4.10. The molecule has 3 unspecified atom stereocenters. The first-order chi connectivity index (χ1) is 9.13. The van der Waals surface area contributed by atoms with E-state index in [1.165, 1.54) is 49.0 Å². The summed E-state index contributed by atoms with van der Waals surface area (Å²) in [4.78, 5) is 2.60. The molecule has 2 aliphatic rings. The summed E-state index contributed by atoms with van der Waals surface area (Å²) in [5, 5.41) is 0. The first-order valence-corrected chi connectivity index (χ1v) is 7.68. The second kappa shape index (κ2) is 5.26. The predicted molar refractivity (Wildman–Crippen MR) is 80.1 cm³/mol. The van der Waals surface area contributed by atoms with E-state index in [2.05, 4.69) is 36.9 Å². The molecule has 3 atom stereocenters. The molecule has 1 aliphatic heterocycles. The summed E-state index contributed by atoms with van der Waals surface area (Å²) in [7, 11) is 0. The molecular formula is C17H26N2. The first kappa shape index (κ1) is 13.1. The number of benzene rings is 1. The number of hydrogen-bond donors (Lipinski definition) is 1. The van der Waals surface area contributed by atoms with Crippen LogP contribution in [0, 0.1) is 25.7 Å². The van der Waals surface area contributed by atoms with Crippen LogP contribution in [0.4, 0.5) is 0 Å². The van der Waals surface area contributed by atoms with Gasteiger partial charge >= 0.3 is 0 Å². The molecule has 1 saturated carbocycles. The molecule has 1 saturated heterocycles. The van der Waals surface area contributed by atoms with Gasteiger partial charge in [0.05, 0.1) is 0 Å². The van der Waals surface area contributed by atoms with Crippen LogP contribution in [0.1, 0.15) is 42.0 Å². The first-order valence-electron chi connectivity index (χ1n) is 7.68. The molecular weight excluding hydrogens is 232 g/mol. The Balaban J connectivity index is 1.63. The van der Waals surface area contributed by atoms with Gasteiger partial charge in [-0.2, -0.15) is 0 Å². The lowest BCUT2D eigenvalue weighted by molar-refractivity contribution is 0.291. The van der Waals surface area contributed by atoms with Crippen LogP contribution in [-0.2, 0) is 0 Å². The highest BCUT2D eigenvalue weighted by Crippen LogP contribution is 2.38. The molecule has 2 heteroatoms. The van der Waals surface area contributed by atoms with Crippen LogP contribution in [0.3, 0.4) is 0 Å². The highest BCUT2D eigenvalue weighted by Gasteiger charge is 2.36. The van der Waals surface area contributed by atoms with Crippen molar-refractivity contribution in [1.82, 2.24) is 4.90 Å². The molecule has 0 aromatic heterocycles. The third-order valence-corrected chi connectivity index (χ3v) is 5.08. The van der Waals surface area contributed by atoms with E-state index < -0.39 is 0 Å². The molecule has 2 nitrogen and oxygen atoms in total. The minimum Gasteiger partial charge on any atom is -0.323 e. The number of aryl methyl sites for hydroxylation is 2. The Bertz CT molecular complexity index is 443. The normalized spacial score (nSPS) is 28.6. The number of rotatable bonds is 3.